The third kappa shape index (κ3) is 6.56. The Balaban J connectivity index is 1.66. The number of nitrogens with zero attached hydrogens (tertiary/aromatic N) is 1. The summed E-state index contributed by atoms with van der Waals surface area (Å²) in [6, 6.07) is 5.39. The number of hydrogen-bond donors (Lipinski definition) is 2. The SMILES string of the molecule is COc1cc(C(=O)O)c(F)cc1NS(=O)(=O)c1csc(-c2ccc(C3=CCC(C(C)(C)C)CC3)cc2C(F)(F)F)n1. The lowest BCUT2D eigenvalue weighted by molar-refractivity contribution is -0.137. The first kappa shape index (κ1) is 30.5. The smallest absolute Gasteiger partial charge is 0.417 e. The number of carboxylic acids is 1. The van der Waals surface area contributed by atoms with E-state index in [0.717, 1.165) is 43.0 Å². The van der Waals surface area contributed by atoms with Gasteiger partial charge in [0.25, 0.3) is 10.0 Å². The second kappa shape index (κ2) is 11.1. The average Bonchev–Trinajstić information content (AvgIpc) is 3.39. The largest absolute Gasteiger partial charge is 0.495 e. The van der Waals surface area contributed by atoms with Crippen LogP contribution in [0.5, 0.6) is 5.75 Å². The molecule has 0 aliphatic heterocycles. The summed E-state index contributed by atoms with van der Waals surface area (Å²) in [5.74, 6) is -2.64. The van der Waals surface area contributed by atoms with Crippen molar-refractivity contribution in [1.82, 2.24) is 4.98 Å². The number of anilines is 1. The molecule has 13 heteroatoms. The minimum atomic E-state index is -4.73. The normalized spacial score (nSPS) is 16.3. The van der Waals surface area contributed by atoms with Crippen LogP contribution in [-0.4, -0.2) is 31.6 Å². The zero-order chi connectivity index (χ0) is 30.3. The van der Waals surface area contributed by atoms with E-state index in [9.17, 15) is 30.8 Å². The highest BCUT2D eigenvalue weighted by atomic mass is 32.2. The minimum Gasteiger partial charge on any atom is -0.495 e. The van der Waals surface area contributed by atoms with Crippen LogP contribution in [0.1, 0.15) is 61.5 Å². The van der Waals surface area contributed by atoms with E-state index >= 15 is 0 Å². The van der Waals surface area contributed by atoms with Gasteiger partial charge in [-0.3, -0.25) is 4.72 Å². The van der Waals surface area contributed by atoms with Crippen molar-refractivity contribution >= 4 is 38.6 Å². The molecule has 4 rings (SSSR count). The fraction of sp³-hybridized carbons (Fsp3) is 0.357. The number of ether oxygens (including phenoxy) is 1. The molecular weight excluding hydrogens is 584 g/mol. The van der Waals surface area contributed by atoms with Gasteiger partial charge in [-0.2, -0.15) is 21.6 Å². The molecule has 1 aromatic heterocycles. The lowest BCUT2D eigenvalue weighted by Gasteiger charge is -2.33. The van der Waals surface area contributed by atoms with Gasteiger partial charge in [0.1, 0.15) is 16.6 Å². The molecule has 1 atom stereocenters. The summed E-state index contributed by atoms with van der Waals surface area (Å²) in [6.45, 7) is 6.44. The van der Waals surface area contributed by atoms with Crippen molar-refractivity contribution in [1.29, 1.82) is 0 Å². The molecule has 41 heavy (non-hydrogen) atoms. The molecule has 2 N–H and O–H groups in total. The molecular formula is C28H28F4N2O5S2. The van der Waals surface area contributed by atoms with Gasteiger partial charge in [-0.15, -0.1) is 11.3 Å². The van der Waals surface area contributed by atoms with Gasteiger partial charge in [0.15, 0.2) is 5.03 Å². The summed E-state index contributed by atoms with van der Waals surface area (Å²) in [6.07, 6.45) is -0.437. The predicted octanol–water partition coefficient (Wildman–Crippen LogP) is 7.71. The van der Waals surface area contributed by atoms with E-state index in [1.807, 2.05) is 6.08 Å². The van der Waals surface area contributed by atoms with Crippen molar-refractivity contribution in [2.45, 2.75) is 51.2 Å². The fourth-order valence-corrected chi connectivity index (χ4v) is 6.91. The molecule has 2 aromatic carbocycles. The molecule has 0 radical (unpaired) electrons. The lowest BCUT2D eigenvalue weighted by atomic mass is 9.72. The van der Waals surface area contributed by atoms with Gasteiger partial charge in [0.2, 0.25) is 0 Å². The Labute approximate surface area is 238 Å². The van der Waals surface area contributed by atoms with Crippen LogP contribution in [0.3, 0.4) is 0 Å². The summed E-state index contributed by atoms with van der Waals surface area (Å²) in [5.41, 5.74) is -0.953. The second-order valence-electron chi connectivity index (χ2n) is 10.8. The van der Waals surface area contributed by atoms with Gasteiger partial charge in [-0.1, -0.05) is 39.0 Å². The number of aromatic nitrogens is 1. The number of alkyl halides is 3. The number of thiazole rings is 1. The standard InChI is InChI=1S/C28H28F4N2O5S2/c1-27(2,3)17-8-5-15(6-9-17)16-7-10-18(20(11-16)28(30,31)32)25-33-24(14-40-25)41(37,38)34-22-13-21(29)19(26(35)36)12-23(22)39-4/h5,7,10-14,17,34H,6,8-9H2,1-4H3,(H,35,36). The van der Waals surface area contributed by atoms with E-state index in [-0.39, 0.29) is 21.7 Å². The number of nitrogens with one attached hydrogen (secondary N) is 1. The number of halogens is 4. The van der Waals surface area contributed by atoms with Crippen molar-refractivity contribution < 1.29 is 40.6 Å². The maximum absolute atomic E-state index is 14.2. The average molecular weight is 613 g/mol. The topological polar surface area (TPSA) is 106 Å². The van der Waals surface area contributed by atoms with Crippen LogP contribution >= 0.6 is 11.3 Å². The number of aromatic carboxylic acids is 1. The molecule has 0 saturated heterocycles. The molecule has 0 amide bonds. The Morgan fingerprint density at radius 1 is 1.17 bits per heavy atom. The Bertz CT molecular complexity index is 1620. The summed E-state index contributed by atoms with van der Waals surface area (Å²) in [7, 11) is -3.38. The van der Waals surface area contributed by atoms with Crippen LogP contribution in [0, 0.1) is 17.2 Å². The van der Waals surface area contributed by atoms with E-state index in [1.54, 1.807) is 6.07 Å². The maximum atomic E-state index is 14.2. The molecule has 3 aromatic rings. The van der Waals surface area contributed by atoms with E-state index in [0.29, 0.717) is 35.3 Å². The third-order valence-corrected chi connectivity index (χ3v) is 9.36. The van der Waals surface area contributed by atoms with E-state index in [1.165, 1.54) is 6.07 Å². The number of carboxylic acid groups (broad SMARTS) is 1. The summed E-state index contributed by atoms with van der Waals surface area (Å²) in [4.78, 5) is 15.1. The Hall–Kier alpha value is -3.45. The first-order valence-corrected chi connectivity index (χ1v) is 14.9. The number of carbonyl (C=O) groups is 1. The van der Waals surface area contributed by atoms with Crippen molar-refractivity contribution in [2.24, 2.45) is 11.3 Å². The number of rotatable bonds is 7. The van der Waals surface area contributed by atoms with Gasteiger partial charge < -0.3 is 9.84 Å². The van der Waals surface area contributed by atoms with E-state index in [4.69, 9.17) is 9.84 Å². The van der Waals surface area contributed by atoms with Gasteiger partial charge in [0.05, 0.1) is 23.9 Å². The zero-order valence-corrected chi connectivity index (χ0v) is 24.2. The highest BCUT2D eigenvalue weighted by molar-refractivity contribution is 7.92. The van der Waals surface area contributed by atoms with Gasteiger partial charge in [0, 0.05) is 17.0 Å². The van der Waals surface area contributed by atoms with E-state index < -0.39 is 49.8 Å². The molecule has 0 bridgehead atoms. The number of benzene rings is 2. The van der Waals surface area contributed by atoms with Crippen LogP contribution in [-0.2, 0) is 16.2 Å². The Morgan fingerprint density at radius 2 is 1.88 bits per heavy atom. The highest BCUT2D eigenvalue weighted by Gasteiger charge is 2.36. The first-order chi connectivity index (χ1) is 19.0. The quantitative estimate of drug-likeness (QED) is 0.265. The van der Waals surface area contributed by atoms with Crippen molar-refractivity contribution in [3.8, 4) is 16.3 Å². The number of allylic oxidation sites excluding steroid dienone is 2. The Morgan fingerprint density at radius 3 is 2.44 bits per heavy atom. The molecule has 0 saturated carbocycles. The van der Waals surface area contributed by atoms with Crippen LogP contribution in [0.4, 0.5) is 23.2 Å². The fourth-order valence-electron chi connectivity index (χ4n) is 4.72. The highest BCUT2D eigenvalue weighted by Crippen LogP contribution is 2.43. The minimum absolute atomic E-state index is 0.0992. The van der Waals surface area contributed by atoms with Crippen LogP contribution < -0.4 is 9.46 Å². The molecule has 1 aliphatic rings. The van der Waals surface area contributed by atoms with Crippen molar-refractivity contribution in [3.05, 3.63) is 64.3 Å². The number of methoxy groups -OCH3 is 1. The first-order valence-electron chi connectivity index (χ1n) is 12.5. The molecule has 1 aliphatic carbocycles. The molecule has 1 heterocycles. The molecule has 7 nitrogen and oxygen atoms in total. The van der Waals surface area contributed by atoms with Crippen LogP contribution in [0.15, 0.2) is 46.8 Å². The number of hydrogen-bond acceptors (Lipinski definition) is 6. The van der Waals surface area contributed by atoms with Gasteiger partial charge in [-0.05, 0) is 53.9 Å². The van der Waals surface area contributed by atoms with Crippen molar-refractivity contribution in [3.63, 3.8) is 0 Å². The van der Waals surface area contributed by atoms with Crippen LogP contribution in [0.2, 0.25) is 0 Å². The molecule has 0 spiro atoms. The maximum Gasteiger partial charge on any atom is 0.417 e. The zero-order valence-electron chi connectivity index (χ0n) is 22.6. The van der Waals surface area contributed by atoms with Gasteiger partial charge in [-0.25, -0.2) is 14.2 Å². The van der Waals surface area contributed by atoms with Gasteiger partial charge >= 0.3 is 12.1 Å². The van der Waals surface area contributed by atoms with Crippen molar-refractivity contribution in [2.75, 3.05) is 11.8 Å². The van der Waals surface area contributed by atoms with E-state index in [2.05, 4.69) is 30.5 Å². The monoisotopic (exact) mass is 612 g/mol. The third-order valence-electron chi connectivity index (χ3n) is 7.08. The lowest BCUT2D eigenvalue weighted by Crippen LogP contribution is -2.22. The second-order valence-corrected chi connectivity index (χ2v) is 13.2. The van der Waals surface area contributed by atoms with Crippen LogP contribution in [0.25, 0.3) is 16.1 Å². The summed E-state index contributed by atoms with van der Waals surface area (Å²) >= 11 is 0.706. The summed E-state index contributed by atoms with van der Waals surface area (Å²) in [5, 5.41) is 9.38. The number of sulfonamides is 1. The molecule has 220 valence electrons. The molecule has 1 unspecified atom stereocenters. The Kier molecular flexibility index (Phi) is 8.25. The summed E-state index contributed by atoms with van der Waals surface area (Å²) < 4.78 is 89.8. The predicted molar refractivity (Wildman–Crippen MR) is 148 cm³/mol. The molecule has 0 fully saturated rings.